The number of hydrogen-bond donors (Lipinski definition) is 2. The molecule has 1 aromatic carbocycles. The van der Waals surface area contributed by atoms with Crippen LogP contribution < -0.4 is 5.73 Å². The monoisotopic (exact) mass is 280 g/mol. The molecule has 0 spiro atoms. The predicted molar refractivity (Wildman–Crippen MR) is 73.8 cm³/mol. The summed E-state index contributed by atoms with van der Waals surface area (Å²) >= 11 is 1.58. The summed E-state index contributed by atoms with van der Waals surface area (Å²) in [7, 11) is 0. The second kappa shape index (κ2) is 6.08. The second-order valence-electron chi connectivity index (χ2n) is 4.43. The number of aliphatic carboxylic acids is 1. The molecule has 6 heteroatoms. The molecule has 1 heterocycles. The molecule has 1 saturated heterocycles. The van der Waals surface area contributed by atoms with Gasteiger partial charge in [-0.1, -0.05) is 30.3 Å². The molecule has 3 N–H and O–H groups in total. The first-order valence-corrected chi connectivity index (χ1v) is 7.15. The van der Waals surface area contributed by atoms with Gasteiger partial charge in [-0.05, 0) is 5.56 Å². The van der Waals surface area contributed by atoms with Crippen LogP contribution in [0.5, 0.6) is 0 Å². The lowest BCUT2D eigenvalue weighted by molar-refractivity contribution is -0.146. The molecule has 0 unspecified atom stereocenters. The average molecular weight is 280 g/mol. The molecule has 1 amide bonds. The maximum absolute atomic E-state index is 12.2. The van der Waals surface area contributed by atoms with Crippen molar-refractivity contribution >= 4 is 23.6 Å². The van der Waals surface area contributed by atoms with E-state index in [1.165, 1.54) is 4.90 Å². The van der Waals surface area contributed by atoms with E-state index in [0.29, 0.717) is 11.5 Å². The van der Waals surface area contributed by atoms with Gasteiger partial charge in [-0.3, -0.25) is 9.59 Å². The van der Waals surface area contributed by atoms with Crippen molar-refractivity contribution in [3.05, 3.63) is 35.9 Å². The molecule has 2 rings (SSSR count). The van der Waals surface area contributed by atoms with E-state index in [-0.39, 0.29) is 18.5 Å². The summed E-state index contributed by atoms with van der Waals surface area (Å²) in [6.45, 7) is -0.313. The molecule has 2 atom stereocenters. The summed E-state index contributed by atoms with van der Waals surface area (Å²) < 4.78 is 0. The number of amides is 1. The van der Waals surface area contributed by atoms with Gasteiger partial charge in [-0.15, -0.1) is 0 Å². The van der Waals surface area contributed by atoms with Crippen LogP contribution in [0.1, 0.15) is 11.6 Å². The molecule has 19 heavy (non-hydrogen) atoms. The standard InChI is InChI=1S/C13H16N2O3S/c14-10-7-19-8-11(9-4-2-1-3-5-9)15(13(10)18)6-12(16)17/h1-5,10-11H,6-8,14H2,(H,16,17)/t10-,11-/m0/s1. The molecule has 1 aliphatic rings. The molecule has 0 radical (unpaired) electrons. The maximum Gasteiger partial charge on any atom is 0.323 e. The Morgan fingerprint density at radius 2 is 2.05 bits per heavy atom. The number of carbonyl (C=O) groups is 2. The first-order valence-electron chi connectivity index (χ1n) is 6.00. The van der Waals surface area contributed by atoms with E-state index in [1.807, 2.05) is 30.3 Å². The summed E-state index contributed by atoms with van der Waals surface area (Å²) in [5.41, 5.74) is 6.72. The highest BCUT2D eigenvalue weighted by molar-refractivity contribution is 7.99. The Morgan fingerprint density at radius 3 is 2.68 bits per heavy atom. The number of carbonyl (C=O) groups excluding carboxylic acids is 1. The van der Waals surface area contributed by atoms with E-state index in [1.54, 1.807) is 11.8 Å². The normalized spacial score (nSPS) is 24.1. The third-order valence-corrected chi connectivity index (χ3v) is 4.19. The quantitative estimate of drug-likeness (QED) is 0.852. The Labute approximate surface area is 115 Å². The summed E-state index contributed by atoms with van der Waals surface area (Å²) in [4.78, 5) is 24.5. The van der Waals surface area contributed by atoms with Crippen LogP contribution in [0.4, 0.5) is 0 Å². The van der Waals surface area contributed by atoms with Gasteiger partial charge in [-0.25, -0.2) is 0 Å². The lowest BCUT2D eigenvalue weighted by atomic mass is 10.1. The van der Waals surface area contributed by atoms with E-state index in [9.17, 15) is 9.59 Å². The Morgan fingerprint density at radius 1 is 1.37 bits per heavy atom. The lowest BCUT2D eigenvalue weighted by Gasteiger charge is -2.29. The highest BCUT2D eigenvalue weighted by Crippen LogP contribution is 2.28. The number of carboxylic acid groups (broad SMARTS) is 1. The van der Waals surface area contributed by atoms with Crippen molar-refractivity contribution in [3.63, 3.8) is 0 Å². The average Bonchev–Trinajstić information content (AvgIpc) is 2.53. The number of rotatable bonds is 3. The molecule has 0 bridgehead atoms. The number of benzene rings is 1. The minimum atomic E-state index is -1.02. The Hall–Kier alpha value is -1.53. The van der Waals surface area contributed by atoms with Crippen LogP contribution in [-0.2, 0) is 9.59 Å². The first-order chi connectivity index (χ1) is 9.09. The van der Waals surface area contributed by atoms with E-state index in [2.05, 4.69) is 0 Å². The minimum Gasteiger partial charge on any atom is -0.480 e. The van der Waals surface area contributed by atoms with Crippen molar-refractivity contribution in [2.24, 2.45) is 5.73 Å². The van der Waals surface area contributed by atoms with Crippen LogP contribution >= 0.6 is 11.8 Å². The molecular formula is C13H16N2O3S. The van der Waals surface area contributed by atoms with Crippen LogP contribution in [0, 0.1) is 0 Å². The number of nitrogens with two attached hydrogens (primary N) is 1. The van der Waals surface area contributed by atoms with Gasteiger partial charge in [0.15, 0.2) is 0 Å². The number of carboxylic acids is 1. The van der Waals surface area contributed by atoms with Gasteiger partial charge in [0.25, 0.3) is 0 Å². The van der Waals surface area contributed by atoms with Crippen LogP contribution in [0.3, 0.4) is 0 Å². The molecule has 1 fully saturated rings. The van der Waals surface area contributed by atoms with Crippen molar-refractivity contribution < 1.29 is 14.7 Å². The van der Waals surface area contributed by atoms with Gasteiger partial charge < -0.3 is 15.7 Å². The maximum atomic E-state index is 12.2. The Balaban J connectivity index is 2.31. The fraction of sp³-hybridized carbons (Fsp3) is 0.385. The van der Waals surface area contributed by atoms with Crippen LogP contribution in [0.15, 0.2) is 30.3 Å². The van der Waals surface area contributed by atoms with Crippen LogP contribution in [-0.4, -0.2) is 46.0 Å². The van der Waals surface area contributed by atoms with Gasteiger partial charge in [0.2, 0.25) is 5.91 Å². The largest absolute Gasteiger partial charge is 0.480 e. The van der Waals surface area contributed by atoms with Crippen LogP contribution in [0.25, 0.3) is 0 Å². The summed E-state index contributed by atoms with van der Waals surface area (Å²) in [5, 5.41) is 8.98. The second-order valence-corrected chi connectivity index (χ2v) is 5.51. The summed E-state index contributed by atoms with van der Waals surface area (Å²) in [6, 6.07) is 8.61. The van der Waals surface area contributed by atoms with E-state index < -0.39 is 12.0 Å². The van der Waals surface area contributed by atoms with Gasteiger partial charge in [0.1, 0.15) is 6.54 Å². The molecule has 1 aliphatic heterocycles. The van der Waals surface area contributed by atoms with Crippen molar-refractivity contribution in [2.75, 3.05) is 18.1 Å². The fourth-order valence-electron chi connectivity index (χ4n) is 2.12. The number of nitrogens with zero attached hydrogens (tertiary/aromatic N) is 1. The highest BCUT2D eigenvalue weighted by Gasteiger charge is 2.33. The molecule has 102 valence electrons. The predicted octanol–water partition coefficient (Wildman–Crippen LogP) is 0.715. The number of thioether (sulfide) groups is 1. The Bertz CT molecular complexity index is 466. The third-order valence-electron chi connectivity index (χ3n) is 3.04. The SMILES string of the molecule is N[C@H]1CSC[C@@H](c2ccccc2)N(CC(=O)O)C1=O. The first kappa shape index (κ1) is 13.9. The Kier molecular flexibility index (Phi) is 4.44. The zero-order valence-corrected chi connectivity index (χ0v) is 11.2. The van der Waals surface area contributed by atoms with Crippen molar-refractivity contribution in [3.8, 4) is 0 Å². The van der Waals surface area contributed by atoms with Gasteiger partial charge >= 0.3 is 5.97 Å². The molecule has 0 saturated carbocycles. The molecule has 0 aromatic heterocycles. The summed E-state index contributed by atoms with van der Waals surface area (Å²) in [5.74, 6) is -0.121. The smallest absolute Gasteiger partial charge is 0.323 e. The van der Waals surface area contributed by atoms with E-state index in [4.69, 9.17) is 10.8 Å². The molecule has 0 aliphatic carbocycles. The van der Waals surface area contributed by atoms with Gasteiger partial charge in [0, 0.05) is 11.5 Å². The van der Waals surface area contributed by atoms with Gasteiger partial charge in [0.05, 0.1) is 12.1 Å². The summed E-state index contributed by atoms with van der Waals surface area (Å²) in [6.07, 6.45) is 0. The lowest BCUT2D eigenvalue weighted by Crippen LogP contribution is -2.47. The minimum absolute atomic E-state index is 0.233. The fourth-order valence-corrected chi connectivity index (χ4v) is 3.25. The van der Waals surface area contributed by atoms with Crippen molar-refractivity contribution in [1.82, 2.24) is 4.90 Å². The van der Waals surface area contributed by atoms with Gasteiger partial charge in [-0.2, -0.15) is 11.8 Å². The molecular weight excluding hydrogens is 264 g/mol. The zero-order chi connectivity index (χ0) is 13.8. The molecule has 1 aromatic rings. The topological polar surface area (TPSA) is 83.6 Å². The zero-order valence-electron chi connectivity index (χ0n) is 10.4. The number of hydrogen-bond acceptors (Lipinski definition) is 4. The van der Waals surface area contributed by atoms with Crippen LogP contribution in [0.2, 0.25) is 0 Å². The van der Waals surface area contributed by atoms with E-state index in [0.717, 1.165) is 5.56 Å². The third kappa shape index (κ3) is 3.27. The van der Waals surface area contributed by atoms with Crippen molar-refractivity contribution in [1.29, 1.82) is 0 Å². The van der Waals surface area contributed by atoms with E-state index >= 15 is 0 Å². The molecule has 5 nitrogen and oxygen atoms in total. The highest BCUT2D eigenvalue weighted by atomic mass is 32.2. The van der Waals surface area contributed by atoms with Crippen molar-refractivity contribution in [2.45, 2.75) is 12.1 Å².